The van der Waals surface area contributed by atoms with Gasteiger partial charge in [0.15, 0.2) is 0 Å². The molecule has 2 rings (SSSR count). The molecule has 0 aliphatic rings. The average molecular weight is 347 g/mol. The third-order valence-electron chi connectivity index (χ3n) is 2.75. The molecule has 19 heavy (non-hydrogen) atoms. The summed E-state index contributed by atoms with van der Waals surface area (Å²) in [6.45, 7) is 1.83. The summed E-state index contributed by atoms with van der Waals surface area (Å²) in [5, 5.41) is 3.34. The van der Waals surface area contributed by atoms with Gasteiger partial charge in [0.05, 0.1) is 11.7 Å². The minimum atomic E-state index is -0.395. The third-order valence-corrected chi connectivity index (χ3v) is 3.74. The molecule has 2 aromatic rings. The molecule has 0 radical (unpaired) electrons. The summed E-state index contributed by atoms with van der Waals surface area (Å²) in [7, 11) is 0. The van der Waals surface area contributed by atoms with Crippen molar-refractivity contribution in [2.75, 3.05) is 5.32 Å². The molecule has 0 amide bonds. The molecule has 0 heterocycles. The van der Waals surface area contributed by atoms with E-state index in [0.717, 1.165) is 0 Å². The second kappa shape index (κ2) is 5.88. The normalized spacial score (nSPS) is 12.3. The van der Waals surface area contributed by atoms with Crippen LogP contribution in [0, 0.1) is 11.6 Å². The van der Waals surface area contributed by atoms with E-state index < -0.39 is 5.82 Å². The van der Waals surface area contributed by atoms with Gasteiger partial charge in [-0.3, -0.25) is 0 Å². The first-order chi connectivity index (χ1) is 8.99. The molecule has 1 nitrogen and oxygen atoms in total. The number of hydrogen-bond donors (Lipinski definition) is 1. The molecule has 0 aliphatic heterocycles. The van der Waals surface area contributed by atoms with E-state index in [1.807, 2.05) is 6.92 Å². The SMILES string of the molecule is CC(Nc1c(F)cccc1Br)c1ccc(F)cc1Cl. The zero-order chi connectivity index (χ0) is 14.0. The smallest absolute Gasteiger partial charge is 0.147 e. The molecule has 0 spiro atoms. The quantitative estimate of drug-likeness (QED) is 0.768. The van der Waals surface area contributed by atoms with Crippen molar-refractivity contribution in [3.05, 3.63) is 63.1 Å². The van der Waals surface area contributed by atoms with Crippen molar-refractivity contribution in [2.24, 2.45) is 0 Å². The van der Waals surface area contributed by atoms with Gasteiger partial charge in [0.25, 0.3) is 0 Å². The fraction of sp³-hybridized carbons (Fsp3) is 0.143. The van der Waals surface area contributed by atoms with Gasteiger partial charge < -0.3 is 5.32 Å². The van der Waals surface area contributed by atoms with Gasteiger partial charge in [-0.05, 0) is 52.7 Å². The van der Waals surface area contributed by atoms with Gasteiger partial charge in [-0.1, -0.05) is 23.7 Å². The molecular formula is C14H11BrClF2N. The highest BCUT2D eigenvalue weighted by Crippen LogP contribution is 2.31. The Kier molecular flexibility index (Phi) is 4.42. The van der Waals surface area contributed by atoms with E-state index in [-0.39, 0.29) is 11.9 Å². The summed E-state index contributed by atoms with van der Waals surface area (Å²) >= 11 is 9.27. The Morgan fingerprint density at radius 1 is 1.21 bits per heavy atom. The van der Waals surface area contributed by atoms with E-state index in [2.05, 4.69) is 21.2 Å². The van der Waals surface area contributed by atoms with Crippen LogP contribution in [0.25, 0.3) is 0 Å². The highest BCUT2D eigenvalue weighted by molar-refractivity contribution is 9.10. The van der Waals surface area contributed by atoms with Crippen molar-refractivity contribution < 1.29 is 8.78 Å². The van der Waals surface area contributed by atoms with Crippen LogP contribution in [0.3, 0.4) is 0 Å². The van der Waals surface area contributed by atoms with Crippen molar-refractivity contribution in [3.63, 3.8) is 0 Å². The third kappa shape index (κ3) is 3.25. The van der Waals surface area contributed by atoms with Gasteiger partial charge in [0, 0.05) is 9.50 Å². The lowest BCUT2D eigenvalue weighted by molar-refractivity contribution is 0.623. The van der Waals surface area contributed by atoms with Gasteiger partial charge in [0.2, 0.25) is 0 Å². The van der Waals surface area contributed by atoms with Crippen molar-refractivity contribution >= 4 is 33.2 Å². The lowest BCUT2D eigenvalue weighted by Gasteiger charge is -2.18. The maximum Gasteiger partial charge on any atom is 0.147 e. The topological polar surface area (TPSA) is 12.0 Å². The average Bonchev–Trinajstić information content (AvgIpc) is 2.33. The Hall–Kier alpha value is -1.13. The van der Waals surface area contributed by atoms with Crippen LogP contribution >= 0.6 is 27.5 Å². The summed E-state index contributed by atoms with van der Waals surface area (Å²) in [6.07, 6.45) is 0. The number of nitrogens with one attached hydrogen (secondary N) is 1. The summed E-state index contributed by atoms with van der Waals surface area (Å²) in [6, 6.07) is 8.63. The molecule has 1 atom stereocenters. The predicted molar refractivity (Wildman–Crippen MR) is 77.5 cm³/mol. The van der Waals surface area contributed by atoms with E-state index in [1.165, 1.54) is 18.2 Å². The molecule has 0 fully saturated rings. The van der Waals surface area contributed by atoms with Crippen LogP contribution < -0.4 is 5.32 Å². The minimum absolute atomic E-state index is 0.249. The number of anilines is 1. The van der Waals surface area contributed by atoms with Crippen LogP contribution in [0.4, 0.5) is 14.5 Å². The Balaban J connectivity index is 2.28. The highest BCUT2D eigenvalue weighted by atomic mass is 79.9. The summed E-state index contributed by atoms with van der Waals surface area (Å²) in [4.78, 5) is 0. The van der Waals surface area contributed by atoms with Crippen molar-refractivity contribution in [1.82, 2.24) is 0 Å². The van der Waals surface area contributed by atoms with E-state index >= 15 is 0 Å². The first kappa shape index (κ1) is 14.3. The maximum atomic E-state index is 13.7. The van der Waals surface area contributed by atoms with Crippen molar-refractivity contribution in [1.29, 1.82) is 0 Å². The van der Waals surface area contributed by atoms with Crippen LogP contribution in [0.15, 0.2) is 40.9 Å². The molecule has 0 bridgehead atoms. The van der Waals surface area contributed by atoms with Crippen LogP contribution in [0.2, 0.25) is 5.02 Å². The van der Waals surface area contributed by atoms with Gasteiger partial charge in [0.1, 0.15) is 11.6 Å². The first-order valence-electron chi connectivity index (χ1n) is 5.64. The number of rotatable bonds is 3. The van der Waals surface area contributed by atoms with Crippen LogP contribution in [-0.4, -0.2) is 0 Å². The fourth-order valence-corrected chi connectivity index (χ4v) is 2.57. The van der Waals surface area contributed by atoms with Gasteiger partial charge >= 0.3 is 0 Å². The van der Waals surface area contributed by atoms with Gasteiger partial charge in [-0.2, -0.15) is 0 Å². The van der Waals surface area contributed by atoms with Gasteiger partial charge in [-0.15, -0.1) is 0 Å². The molecule has 5 heteroatoms. The van der Waals surface area contributed by atoms with Crippen LogP contribution in [0.5, 0.6) is 0 Å². The van der Waals surface area contributed by atoms with Crippen molar-refractivity contribution in [2.45, 2.75) is 13.0 Å². The standard InChI is InChI=1S/C14H11BrClF2N/c1-8(10-6-5-9(17)7-12(10)16)19-14-11(15)3-2-4-13(14)18/h2-8,19H,1H3. The number of hydrogen-bond acceptors (Lipinski definition) is 1. The molecule has 0 saturated carbocycles. The van der Waals surface area contributed by atoms with E-state index in [0.29, 0.717) is 20.7 Å². The minimum Gasteiger partial charge on any atom is -0.375 e. The van der Waals surface area contributed by atoms with E-state index in [9.17, 15) is 8.78 Å². The number of para-hydroxylation sites is 1. The molecule has 0 saturated heterocycles. The number of benzene rings is 2. The first-order valence-corrected chi connectivity index (χ1v) is 6.81. The molecule has 0 aromatic heterocycles. The lowest BCUT2D eigenvalue weighted by atomic mass is 10.1. The number of halogens is 4. The largest absolute Gasteiger partial charge is 0.375 e. The Bertz CT molecular complexity index is 584. The highest BCUT2D eigenvalue weighted by Gasteiger charge is 2.14. The zero-order valence-corrected chi connectivity index (χ0v) is 12.4. The van der Waals surface area contributed by atoms with Crippen LogP contribution in [0.1, 0.15) is 18.5 Å². The molecule has 1 unspecified atom stereocenters. The Morgan fingerprint density at radius 2 is 1.95 bits per heavy atom. The fourth-order valence-electron chi connectivity index (χ4n) is 1.78. The van der Waals surface area contributed by atoms with Crippen molar-refractivity contribution in [3.8, 4) is 0 Å². The summed E-state index contributed by atoms with van der Waals surface area (Å²) in [5.74, 6) is -0.757. The summed E-state index contributed by atoms with van der Waals surface area (Å²) < 4.78 is 27.3. The zero-order valence-electron chi connectivity index (χ0n) is 10.1. The lowest BCUT2D eigenvalue weighted by Crippen LogP contribution is -2.09. The van der Waals surface area contributed by atoms with E-state index in [1.54, 1.807) is 18.2 Å². The van der Waals surface area contributed by atoms with Gasteiger partial charge in [-0.25, -0.2) is 8.78 Å². The molecular weight excluding hydrogens is 336 g/mol. The second-order valence-electron chi connectivity index (χ2n) is 4.13. The monoisotopic (exact) mass is 345 g/mol. The Labute approximate surface area is 123 Å². The molecule has 0 aliphatic carbocycles. The molecule has 1 N–H and O–H groups in total. The maximum absolute atomic E-state index is 13.7. The molecule has 100 valence electrons. The molecule has 2 aromatic carbocycles. The summed E-state index contributed by atoms with van der Waals surface area (Å²) in [5.41, 5.74) is 1.06. The predicted octanol–water partition coefficient (Wildman–Crippen LogP) is 5.55. The Morgan fingerprint density at radius 3 is 2.58 bits per heavy atom. The van der Waals surface area contributed by atoms with Crippen LogP contribution in [-0.2, 0) is 0 Å². The van der Waals surface area contributed by atoms with E-state index in [4.69, 9.17) is 11.6 Å². The second-order valence-corrected chi connectivity index (χ2v) is 5.39.